The van der Waals surface area contributed by atoms with E-state index in [0.29, 0.717) is 0 Å². The molecule has 0 aliphatic rings. The minimum atomic E-state index is -0.0105. The Balaban J connectivity index is 2.45. The lowest BCUT2D eigenvalue weighted by molar-refractivity contribution is 0.0933. The molecular weight excluding hydrogens is 260 g/mol. The molecule has 2 aromatic rings. The highest BCUT2D eigenvalue weighted by atomic mass is 16.1. The number of unbranched alkanes of at least 4 members (excludes halogenated alkanes) is 2. The smallest absolute Gasteiger partial charge is 0.229 e. The Kier molecular flexibility index (Phi) is 5.50. The van der Waals surface area contributed by atoms with Gasteiger partial charge in [0.25, 0.3) is 0 Å². The quantitative estimate of drug-likeness (QED) is 0.766. The van der Waals surface area contributed by atoms with E-state index in [0.717, 1.165) is 29.7 Å². The third kappa shape index (κ3) is 3.91. The predicted octanol–water partition coefficient (Wildman–Crippen LogP) is 3.91. The van der Waals surface area contributed by atoms with Crippen LogP contribution in [0.3, 0.4) is 0 Å². The second-order valence-electron chi connectivity index (χ2n) is 5.08. The predicted molar refractivity (Wildman–Crippen MR) is 86.1 cm³/mol. The molecule has 0 spiro atoms. The van der Waals surface area contributed by atoms with Crippen LogP contribution in [0.2, 0.25) is 0 Å². The van der Waals surface area contributed by atoms with E-state index in [1.165, 1.54) is 12.8 Å². The molecule has 0 atom stereocenters. The first kappa shape index (κ1) is 15.2. The van der Waals surface area contributed by atoms with E-state index >= 15 is 0 Å². The molecule has 1 aromatic heterocycles. The molecule has 3 nitrogen and oxygen atoms in total. The largest absolute Gasteiger partial charge is 0.274 e. The minimum Gasteiger partial charge on any atom is -0.274 e. The highest BCUT2D eigenvalue weighted by Crippen LogP contribution is 2.16. The van der Waals surface area contributed by atoms with Crippen LogP contribution in [0.15, 0.2) is 53.5 Å². The van der Waals surface area contributed by atoms with Crippen LogP contribution in [0.4, 0.5) is 0 Å². The van der Waals surface area contributed by atoms with Crippen LogP contribution < -0.4 is 5.49 Å². The van der Waals surface area contributed by atoms with Gasteiger partial charge in [-0.15, -0.1) is 0 Å². The molecule has 21 heavy (non-hydrogen) atoms. The molecular formula is C18H22N2O. The lowest BCUT2D eigenvalue weighted by Gasteiger charge is -2.11. The van der Waals surface area contributed by atoms with E-state index in [2.05, 4.69) is 11.9 Å². The Morgan fingerprint density at radius 3 is 2.48 bits per heavy atom. The molecule has 0 saturated carbocycles. The fraction of sp³-hybridized carbons (Fsp3) is 0.333. The first-order chi connectivity index (χ1) is 10.2. The zero-order valence-corrected chi connectivity index (χ0v) is 12.7. The zero-order chi connectivity index (χ0) is 15.1. The average molecular weight is 282 g/mol. The van der Waals surface area contributed by atoms with Crippen molar-refractivity contribution in [1.82, 2.24) is 4.57 Å². The van der Waals surface area contributed by atoms with Gasteiger partial charge in [0.2, 0.25) is 5.91 Å². The number of pyridine rings is 1. The SMILES string of the molecule is CCCCC/N=c1/cccc(-c2ccccc2)n1C(C)=O. The second kappa shape index (κ2) is 7.58. The highest BCUT2D eigenvalue weighted by molar-refractivity contribution is 5.81. The fourth-order valence-corrected chi connectivity index (χ4v) is 2.34. The van der Waals surface area contributed by atoms with E-state index in [4.69, 9.17) is 0 Å². The summed E-state index contributed by atoms with van der Waals surface area (Å²) in [6.07, 6.45) is 3.40. The number of carbonyl (C=O) groups is 1. The fourth-order valence-electron chi connectivity index (χ4n) is 2.34. The van der Waals surface area contributed by atoms with Crippen molar-refractivity contribution in [3.63, 3.8) is 0 Å². The van der Waals surface area contributed by atoms with E-state index in [1.807, 2.05) is 48.5 Å². The maximum absolute atomic E-state index is 12.1. The van der Waals surface area contributed by atoms with Crippen LogP contribution >= 0.6 is 0 Å². The zero-order valence-electron chi connectivity index (χ0n) is 12.7. The van der Waals surface area contributed by atoms with E-state index in [-0.39, 0.29) is 5.91 Å². The molecule has 2 rings (SSSR count). The molecule has 0 radical (unpaired) electrons. The molecule has 1 aromatic carbocycles. The average Bonchev–Trinajstić information content (AvgIpc) is 2.52. The summed E-state index contributed by atoms with van der Waals surface area (Å²) in [6.45, 7) is 4.52. The van der Waals surface area contributed by atoms with Crippen LogP contribution in [-0.2, 0) is 0 Å². The van der Waals surface area contributed by atoms with Crippen molar-refractivity contribution in [2.24, 2.45) is 4.99 Å². The molecule has 0 saturated heterocycles. The first-order valence-electron chi connectivity index (χ1n) is 7.53. The molecule has 0 amide bonds. The summed E-state index contributed by atoms with van der Waals surface area (Å²) in [5.41, 5.74) is 2.65. The van der Waals surface area contributed by atoms with E-state index in [1.54, 1.807) is 11.5 Å². The summed E-state index contributed by atoms with van der Waals surface area (Å²) in [6, 6.07) is 15.8. The number of hydrogen-bond acceptors (Lipinski definition) is 2. The summed E-state index contributed by atoms with van der Waals surface area (Å²) in [5, 5.41) is 0. The van der Waals surface area contributed by atoms with Crippen LogP contribution in [0.5, 0.6) is 0 Å². The van der Waals surface area contributed by atoms with Gasteiger partial charge < -0.3 is 0 Å². The minimum absolute atomic E-state index is 0.0105. The Morgan fingerprint density at radius 1 is 1.05 bits per heavy atom. The number of nitrogens with zero attached hydrogens (tertiary/aromatic N) is 2. The molecule has 0 aliphatic heterocycles. The van der Waals surface area contributed by atoms with Crippen molar-refractivity contribution in [3.8, 4) is 11.3 Å². The molecule has 0 fully saturated rings. The Morgan fingerprint density at radius 2 is 1.81 bits per heavy atom. The molecule has 110 valence electrons. The van der Waals surface area contributed by atoms with Gasteiger partial charge in [-0.25, -0.2) is 0 Å². The third-order valence-corrected chi connectivity index (χ3v) is 3.39. The summed E-state index contributed by atoms with van der Waals surface area (Å²) < 4.78 is 1.70. The normalized spacial score (nSPS) is 11.6. The van der Waals surface area contributed by atoms with Crippen LogP contribution in [0.25, 0.3) is 11.3 Å². The number of hydrogen-bond donors (Lipinski definition) is 0. The number of aromatic nitrogens is 1. The summed E-state index contributed by atoms with van der Waals surface area (Å²) >= 11 is 0. The second-order valence-corrected chi connectivity index (χ2v) is 5.08. The maximum atomic E-state index is 12.1. The lowest BCUT2D eigenvalue weighted by Crippen LogP contribution is -2.27. The van der Waals surface area contributed by atoms with Gasteiger partial charge in [0.15, 0.2) is 0 Å². The topological polar surface area (TPSA) is 34.4 Å². The third-order valence-electron chi connectivity index (χ3n) is 3.39. The highest BCUT2D eigenvalue weighted by Gasteiger charge is 2.07. The van der Waals surface area contributed by atoms with Crippen molar-refractivity contribution in [2.45, 2.75) is 33.1 Å². The van der Waals surface area contributed by atoms with Crippen LogP contribution in [0.1, 0.15) is 37.9 Å². The van der Waals surface area contributed by atoms with E-state index in [9.17, 15) is 4.79 Å². The van der Waals surface area contributed by atoms with Gasteiger partial charge in [0.1, 0.15) is 5.49 Å². The van der Waals surface area contributed by atoms with Gasteiger partial charge in [-0.2, -0.15) is 0 Å². The number of benzene rings is 1. The van der Waals surface area contributed by atoms with Gasteiger partial charge in [-0.3, -0.25) is 14.4 Å². The Labute approximate surface area is 126 Å². The monoisotopic (exact) mass is 282 g/mol. The first-order valence-corrected chi connectivity index (χ1v) is 7.53. The van der Waals surface area contributed by atoms with Crippen molar-refractivity contribution in [3.05, 3.63) is 54.0 Å². The van der Waals surface area contributed by atoms with Gasteiger partial charge in [-0.1, -0.05) is 56.2 Å². The van der Waals surface area contributed by atoms with Crippen molar-refractivity contribution in [1.29, 1.82) is 0 Å². The van der Waals surface area contributed by atoms with E-state index < -0.39 is 0 Å². The number of carbonyl (C=O) groups excluding carboxylic acids is 1. The summed E-state index contributed by atoms with van der Waals surface area (Å²) in [4.78, 5) is 16.6. The lowest BCUT2D eigenvalue weighted by atomic mass is 10.1. The van der Waals surface area contributed by atoms with Gasteiger partial charge in [0, 0.05) is 13.5 Å². The van der Waals surface area contributed by atoms with Crippen molar-refractivity contribution < 1.29 is 4.79 Å². The standard InChI is InChI=1S/C18H22N2O/c1-3-4-8-14-19-18-13-9-12-17(20(18)15(2)21)16-10-6-5-7-11-16/h5-7,9-13H,3-4,8,14H2,1-2H3/b19-18-. The van der Waals surface area contributed by atoms with Gasteiger partial charge in [-0.05, 0) is 24.1 Å². The summed E-state index contributed by atoms with van der Waals surface area (Å²) in [7, 11) is 0. The summed E-state index contributed by atoms with van der Waals surface area (Å²) in [5.74, 6) is -0.0105. The van der Waals surface area contributed by atoms with Crippen LogP contribution in [0, 0.1) is 0 Å². The molecule has 3 heteroatoms. The van der Waals surface area contributed by atoms with Gasteiger partial charge >= 0.3 is 0 Å². The number of rotatable bonds is 5. The van der Waals surface area contributed by atoms with Crippen molar-refractivity contribution in [2.75, 3.05) is 6.54 Å². The molecule has 0 unspecified atom stereocenters. The maximum Gasteiger partial charge on any atom is 0.229 e. The molecule has 1 heterocycles. The molecule has 0 aliphatic carbocycles. The Hall–Kier alpha value is -2.16. The van der Waals surface area contributed by atoms with Crippen molar-refractivity contribution >= 4 is 5.91 Å². The molecule has 0 bridgehead atoms. The Bertz CT molecular complexity index is 656. The van der Waals surface area contributed by atoms with Gasteiger partial charge in [0.05, 0.1) is 5.69 Å². The van der Waals surface area contributed by atoms with Crippen LogP contribution in [-0.4, -0.2) is 17.0 Å². The molecule has 0 N–H and O–H groups in total.